The van der Waals surface area contributed by atoms with E-state index in [2.05, 4.69) is 25.7 Å². The molecule has 0 bridgehead atoms. The van der Waals surface area contributed by atoms with Crippen LogP contribution in [0.5, 0.6) is 11.5 Å². The molecule has 0 amide bonds. The van der Waals surface area contributed by atoms with Crippen molar-refractivity contribution in [3.63, 3.8) is 0 Å². The van der Waals surface area contributed by atoms with Crippen LogP contribution in [0.3, 0.4) is 0 Å². The second-order valence-corrected chi connectivity index (χ2v) is 5.07. The van der Waals surface area contributed by atoms with Gasteiger partial charge in [-0.2, -0.15) is 0 Å². The molecule has 1 aliphatic rings. The zero-order chi connectivity index (χ0) is 13.2. The first-order valence-electron chi connectivity index (χ1n) is 6.91. The van der Waals surface area contributed by atoms with Gasteiger partial charge in [0.05, 0.1) is 12.2 Å². The molecular formula is C15H23NO2. The zero-order valence-electron chi connectivity index (χ0n) is 11.6. The number of aromatic hydroxyl groups is 1. The average molecular weight is 249 g/mol. The van der Waals surface area contributed by atoms with Crippen molar-refractivity contribution in [1.82, 2.24) is 0 Å². The summed E-state index contributed by atoms with van der Waals surface area (Å²) < 4.78 is 6.17. The third-order valence-corrected chi connectivity index (χ3v) is 3.87. The second kappa shape index (κ2) is 5.09. The Hall–Kier alpha value is -1.38. The lowest BCUT2D eigenvalue weighted by Gasteiger charge is -2.44. The third-order valence-electron chi connectivity index (χ3n) is 3.87. The number of rotatable bonds is 4. The maximum absolute atomic E-state index is 9.62. The summed E-state index contributed by atoms with van der Waals surface area (Å²) in [6, 6.07) is 5.42. The first kappa shape index (κ1) is 13.1. The largest absolute Gasteiger partial charge is 0.508 e. The van der Waals surface area contributed by atoms with E-state index in [1.54, 1.807) is 12.1 Å². The van der Waals surface area contributed by atoms with Crippen LogP contribution >= 0.6 is 0 Å². The molecule has 18 heavy (non-hydrogen) atoms. The van der Waals surface area contributed by atoms with Gasteiger partial charge in [0, 0.05) is 12.6 Å². The van der Waals surface area contributed by atoms with Crippen molar-refractivity contribution < 1.29 is 9.84 Å². The second-order valence-electron chi connectivity index (χ2n) is 5.07. The lowest BCUT2D eigenvalue weighted by molar-refractivity contribution is 0.0572. The molecule has 0 aliphatic carbocycles. The minimum Gasteiger partial charge on any atom is -0.508 e. The molecular weight excluding hydrogens is 226 g/mol. The molecule has 1 aromatic rings. The first-order chi connectivity index (χ1) is 8.64. The molecule has 0 unspecified atom stereocenters. The number of hydrogen-bond donors (Lipinski definition) is 1. The van der Waals surface area contributed by atoms with Crippen LogP contribution in [-0.4, -0.2) is 23.8 Å². The maximum Gasteiger partial charge on any atom is 0.147 e. The molecule has 0 saturated carbocycles. The topological polar surface area (TPSA) is 32.7 Å². The van der Waals surface area contributed by atoms with Crippen LogP contribution in [0, 0.1) is 0 Å². The molecule has 2 rings (SSSR count). The van der Waals surface area contributed by atoms with Crippen molar-refractivity contribution in [3.05, 3.63) is 18.2 Å². The van der Waals surface area contributed by atoms with E-state index in [-0.39, 0.29) is 11.4 Å². The van der Waals surface area contributed by atoms with E-state index in [1.807, 2.05) is 6.07 Å². The molecule has 1 aliphatic heterocycles. The van der Waals surface area contributed by atoms with Gasteiger partial charge in [-0.05, 0) is 31.4 Å². The van der Waals surface area contributed by atoms with Gasteiger partial charge in [0.25, 0.3) is 0 Å². The molecule has 0 fully saturated rings. The molecule has 3 nitrogen and oxygen atoms in total. The molecule has 1 heterocycles. The van der Waals surface area contributed by atoms with Crippen LogP contribution in [-0.2, 0) is 0 Å². The number of anilines is 1. The minimum absolute atomic E-state index is 0.115. The fourth-order valence-corrected chi connectivity index (χ4v) is 2.63. The summed E-state index contributed by atoms with van der Waals surface area (Å²) in [5, 5.41) is 9.62. The number of nitrogens with zero attached hydrogens (tertiary/aromatic N) is 1. The highest BCUT2D eigenvalue weighted by atomic mass is 16.5. The van der Waals surface area contributed by atoms with Crippen LogP contribution in [0.1, 0.15) is 40.0 Å². The van der Waals surface area contributed by atoms with E-state index >= 15 is 0 Å². The molecule has 1 aromatic carbocycles. The first-order valence-corrected chi connectivity index (χ1v) is 6.91. The Balaban J connectivity index is 2.39. The number of hydrogen-bond acceptors (Lipinski definition) is 3. The van der Waals surface area contributed by atoms with Crippen molar-refractivity contribution in [2.45, 2.75) is 45.6 Å². The average Bonchev–Trinajstić information content (AvgIpc) is 2.38. The van der Waals surface area contributed by atoms with E-state index in [9.17, 15) is 5.11 Å². The Bertz CT molecular complexity index is 413. The maximum atomic E-state index is 9.62. The van der Waals surface area contributed by atoms with Gasteiger partial charge in [0.2, 0.25) is 0 Å². The predicted molar refractivity (Wildman–Crippen MR) is 74.6 cm³/mol. The fourth-order valence-electron chi connectivity index (χ4n) is 2.63. The number of phenolic OH excluding ortho intramolecular Hbond substituents is 1. The van der Waals surface area contributed by atoms with Gasteiger partial charge in [-0.15, -0.1) is 0 Å². The van der Waals surface area contributed by atoms with E-state index < -0.39 is 0 Å². The molecule has 0 saturated heterocycles. The van der Waals surface area contributed by atoms with E-state index in [0.29, 0.717) is 0 Å². The monoisotopic (exact) mass is 249 g/mol. The van der Waals surface area contributed by atoms with Crippen molar-refractivity contribution in [2.24, 2.45) is 0 Å². The van der Waals surface area contributed by atoms with Crippen LogP contribution in [0.25, 0.3) is 0 Å². The molecule has 1 N–H and O–H groups in total. The molecule has 0 spiro atoms. The van der Waals surface area contributed by atoms with E-state index in [4.69, 9.17) is 4.74 Å². The summed E-state index contributed by atoms with van der Waals surface area (Å²) in [6.45, 7) is 8.49. The quantitative estimate of drug-likeness (QED) is 0.885. The van der Waals surface area contributed by atoms with Crippen molar-refractivity contribution in [1.29, 1.82) is 0 Å². The van der Waals surface area contributed by atoms with E-state index in [1.165, 1.54) is 0 Å². The van der Waals surface area contributed by atoms with Crippen molar-refractivity contribution in [2.75, 3.05) is 18.0 Å². The Kier molecular flexibility index (Phi) is 3.69. The van der Waals surface area contributed by atoms with Gasteiger partial charge in [0.15, 0.2) is 0 Å². The van der Waals surface area contributed by atoms with Gasteiger partial charge in [-0.3, -0.25) is 0 Å². The van der Waals surface area contributed by atoms with Crippen LogP contribution in [0.15, 0.2) is 18.2 Å². The van der Waals surface area contributed by atoms with E-state index in [0.717, 1.165) is 43.8 Å². The fraction of sp³-hybridized carbons (Fsp3) is 0.600. The van der Waals surface area contributed by atoms with Gasteiger partial charge >= 0.3 is 0 Å². The van der Waals surface area contributed by atoms with Crippen molar-refractivity contribution >= 4 is 5.69 Å². The molecule has 3 heteroatoms. The Morgan fingerprint density at radius 2 is 2.00 bits per heavy atom. The van der Waals surface area contributed by atoms with Crippen molar-refractivity contribution in [3.8, 4) is 11.5 Å². The van der Waals surface area contributed by atoms with Crippen LogP contribution in [0.4, 0.5) is 5.69 Å². The standard InChI is InChI=1S/C15H23NO2/c1-4-9-16-11-15(5-2,6-3)18-14-10-12(17)7-8-13(14)16/h7-8,10,17H,4-6,9,11H2,1-3H3. The van der Waals surface area contributed by atoms with Crippen LogP contribution < -0.4 is 9.64 Å². The molecule has 0 aromatic heterocycles. The molecule has 0 radical (unpaired) electrons. The van der Waals surface area contributed by atoms with Gasteiger partial charge in [-0.25, -0.2) is 0 Å². The number of fused-ring (bicyclic) bond motifs is 1. The number of ether oxygens (including phenoxy) is 1. The summed E-state index contributed by atoms with van der Waals surface area (Å²) >= 11 is 0. The lowest BCUT2D eigenvalue weighted by atomic mass is 9.94. The zero-order valence-corrected chi connectivity index (χ0v) is 11.6. The number of phenols is 1. The highest BCUT2D eigenvalue weighted by Gasteiger charge is 2.36. The Labute approximate surface area is 109 Å². The van der Waals surface area contributed by atoms with Gasteiger partial charge in [0.1, 0.15) is 17.1 Å². The summed E-state index contributed by atoms with van der Waals surface area (Å²) in [6.07, 6.45) is 3.08. The summed E-state index contributed by atoms with van der Waals surface area (Å²) in [7, 11) is 0. The minimum atomic E-state index is -0.115. The summed E-state index contributed by atoms with van der Waals surface area (Å²) in [5.41, 5.74) is 0.989. The lowest BCUT2D eigenvalue weighted by Crippen LogP contribution is -2.50. The number of benzene rings is 1. The summed E-state index contributed by atoms with van der Waals surface area (Å²) in [5.74, 6) is 1.09. The molecule has 0 atom stereocenters. The normalized spacial score (nSPS) is 17.2. The van der Waals surface area contributed by atoms with Gasteiger partial charge < -0.3 is 14.7 Å². The van der Waals surface area contributed by atoms with Gasteiger partial charge in [-0.1, -0.05) is 20.8 Å². The van der Waals surface area contributed by atoms with Crippen LogP contribution in [0.2, 0.25) is 0 Å². The highest BCUT2D eigenvalue weighted by Crippen LogP contribution is 2.41. The smallest absolute Gasteiger partial charge is 0.147 e. The summed E-state index contributed by atoms with van der Waals surface area (Å²) in [4.78, 5) is 2.38. The Morgan fingerprint density at radius 3 is 2.61 bits per heavy atom. The highest BCUT2D eigenvalue weighted by molar-refractivity contribution is 5.62. The predicted octanol–water partition coefficient (Wildman–Crippen LogP) is 3.56. The SMILES string of the molecule is CCCN1CC(CC)(CC)Oc2cc(O)ccc21. The molecule has 100 valence electrons. The third kappa shape index (κ3) is 2.26. The Morgan fingerprint density at radius 1 is 1.28 bits per heavy atom.